The molecule has 1 aromatic carbocycles. The number of carbonyl (C=O) groups is 1. The fourth-order valence-corrected chi connectivity index (χ4v) is 1.80. The number of rotatable bonds is 2. The molecular formula is C12H14N2O2. The highest BCUT2D eigenvalue weighted by atomic mass is 16.4. The van der Waals surface area contributed by atoms with Gasteiger partial charge in [-0.05, 0) is 23.6 Å². The molecule has 0 aliphatic rings. The van der Waals surface area contributed by atoms with Crippen molar-refractivity contribution >= 4 is 16.9 Å². The summed E-state index contributed by atoms with van der Waals surface area (Å²) in [5.41, 5.74) is 2.10. The molecule has 0 amide bonds. The minimum absolute atomic E-state index is 0.125. The van der Waals surface area contributed by atoms with Crippen molar-refractivity contribution in [1.29, 1.82) is 0 Å². The van der Waals surface area contributed by atoms with E-state index in [0.717, 1.165) is 11.1 Å². The van der Waals surface area contributed by atoms with Crippen LogP contribution in [0.15, 0.2) is 18.2 Å². The van der Waals surface area contributed by atoms with Gasteiger partial charge in [0.2, 0.25) is 0 Å². The molecule has 0 spiro atoms. The molecule has 84 valence electrons. The van der Waals surface area contributed by atoms with Crippen molar-refractivity contribution in [1.82, 2.24) is 9.78 Å². The summed E-state index contributed by atoms with van der Waals surface area (Å²) in [7, 11) is 1.75. The van der Waals surface area contributed by atoms with Gasteiger partial charge in [0.1, 0.15) is 0 Å². The van der Waals surface area contributed by atoms with Crippen molar-refractivity contribution < 1.29 is 9.90 Å². The van der Waals surface area contributed by atoms with E-state index < -0.39 is 5.97 Å². The standard InChI is InChI=1S/C12H14N2O2/c1-7(2)8-4-5-10-9(6-8)11(12(15)16)13-14(10)3/h4-7H,1-3H3,(H,15,16). The molecule has 0 fully saturated rings. The topological polar surface area (TPSA) is 55.1 Å². The Balaban J connectivity index is 2.74. The van der Waals surface area contributed by atoms with Crippen molar-refractivity contribution in [3.05, 3.63) is 29.5 Å². The van der Waals surface area contributed by atoms with E-state index in [1.807, 2.05) is 18.2 Å². The zero-order valence-corrected chi connectivity index (χ0v) is 9.56. The largest absolute Gasteiger partial charge is 0.476 e. The molecule has 0 saturated carbocycles. The van der Waals surface area contributed by atoms with Crippen molar-refractivity contribution in [2.45, 2.75) is 19.8 Å². The van der Waals surface area contributed by atoms with Crippen LogP contribution in [0.3, 0.4) is 0 Å². The number of aromatic nitrogens is 2. The van der Waals surface area contributed by atoms with Crippen LogP contribution in [0.5, 0.6) is 0 Å². The van der Waals surface area contributed by atoms with Gasteiger partial charge in [-0.3, -0.25) is 4.68 Å². The lowest BCUT2D eigenvalue weighted by molar-refractivity contribution is 0.0691. The Kier molecular flexibility index (Phi) is 2.42. The second-order valence-electron chi connectivity index (χ2n) is 4.21. The fraction of sp³-hybridized carbons (Fsp3) is 0.333. The van der Waals surface area contributed by atoms with E-state index >= 15 is 0 Å². The van der Waals surface area contributed by atoms with Crippen LogP contribution in [0.2, 0.25) is 0 Å². The minimum atomic E-state index is -0.980. The normalized spacial score (nSPS) is 11.2. The lowest BCUT2D eigenvalue weighted by Gasteiger charge is -2.04. The molecular weight excluding hydrogens is 204 g/mol. The molecule has 0 aliphatic carbocycles. The van der Waals surface area contributed by atoms with E-state index in [1.165, 1.54) is 0 Å². The van der Waals surface area contributed by atoms with E-state index in [4.69, 9.17) is 5.11 Å². The molecule has 16 heavy (non-hydrogen) atoms. The Morgan fingerprint density at radius 1 is 1.44 bits per heavy atom. The first-order chi connectivity index (χ1) is 7.50. The number of aryl methyl sites for hydroxylation is 1. The Hall–Kier alpha value is -1.84. The summed E-state index contributed by atoms with van der Waals surface area (Å²) in [6, 6.07) is 5.85. The number of hydrogen-bond acceptors (Lipinski definition) is 2. The van der Waals surface area contributed by atoms with Gasteiger partial charge >= 0.3 is 5.97 Å². The van der Waals surface area contributed by atoms with Gasteiger partial charge in [0, 0.05) is 12.4 Å². The van der Waals surface area contributed by atoms with Gasteiger partial charge in [-0.1, -0.05) is 19.9 Å². The zero-order valence-electron chi connectivity index (χ0n) is 9.56. The lowest BCUT2D eigenvalue weighted by atomic mass is 10.0. The number of nitrogens with zero attached hydrogens (tertiary/aromatic N) is 2. The molecule has 1 heterocycles. The summed E-state index contributed by atoms with van der Waals surface area (Å²) in [5, 5.41) is 13.8. The van der Waals surface area contributed by atoms with Crippen LogP contribution in [-0.4, -0.2) is 20.9 Å². The number of fused-ring (bicyclic) bond motifs is 1. The maximum atomic E-state index is 11.0. The fourth-order valence-electron chi connectivity index (χ4n) is 1.80. The quantitative estimate of drug-likeness (QED) is 0.842. The molecule has 1 N–H and O–H groups in total. The molecule has 2 aromatic rings. The number of carboxylic acids is 1. The SMILES string of the molecule is CC(C)c1ccc2c(c1)c(C(=O)O)nn2C. The Morgan fingerprint density at radius 3 is 2.69 bits per heavy atom. The van der Waals surface area contributed by atoms with Gasteiger partial charge in [0.15, 0.2) is 5.69 Å². The second kappa shape index (κ2) is 3.63. The van der Waals surface area contributed by atoms with E-state index in [1.54, 1.807) is 11.7 Å². The van der Waals surface area contributed by atoms with Crippen LogP contribution in [0.1, 0.15) is 35.8 Å². The second-order valence-corrected chi connectivity index (χ2v) is 4.21. The summed E-state index contributed by atoms with van der Waals surface area (Å²) in [5.74, 6) is -0.599. The van der Waals surface area contributed by atoms with E-state index in [9.17, 15) is 4.79 Å². The number of hydrogen-bond donors (Lipinski definition) is 1. The van der Waals surface area contributed by atoms with Crippen LogP contribution in [0.4, 0.5) is 0 Å². The summed E-state index contributed by atoms with van der Waals surface area (Å²) < 4.78 is 1.60. The molecule has 0 atom stereocenters. The van der Waals surface area contributed by atoms with Crippen molar-refractivity contribution in [2.24, 2.45) is 7.05 Å². The van der Waals surface area contributed by atoms with E-state index in [2.05, 4.69) is 18.9 Å². The highest BCUT2D eigenvalue weighted by molar-refractivity contribution is 6.01. The molecule has 0 unspecified atom stereocenters. The average Bonchev–Trinajstić information content (AvgIpc) is 2.56. The van der Waals surface area contributed by atoms with Crippen LogP contribution in [0.25, 0.3) is 10.9 Å². The van der Waals surface area contributed by atoms with Crippen LogP contribution in [0, 0.1) is 0 Å². The minimum Gasteiger partial charge on any atom is -0.476 e. The molecule has 4 nitrogen and oxygen atoms in total. The third-order valence-corrected chi connectivity index (χ3v) is 2.74. The van der Waals surface area contributed by atoms with Crippen molar-refractivity contribution in [3.8, 4) is 0 Å². The number of aromatic carboxylic acids is 1. The third-order valence-electron chi connectivity index (χ3n) is 2.74. The van der Waals surface area contributed by atoms with Gasteiger partial charge in [-0.15, -0.1) is 0 Å². The van der Waals surface area contributed by atoms with Gasteiger partial charge in [-0.2, -0.15) is 5.10 Å². The highest BCUT2D eigenvalue weighted by Gasteiger charge is 2.15. The van der Waals surface area contributed by atoms with Gasteiger partial charge < -0.3 is 5.11 Å². The maximum absolute atomic E-state index is 11.0. The van der Waals surface area contributed by atoms with Gasteiger partial charge in [0.05, 0.1) is 5.52 Å². The highest BCUT2D eigenvalue weighted by Crippen LogP contribution is 2.23. The molecule has 1 aromatic heterocycles. The molecule has 0 bridgehead atoms. The summed E-state index contributed by atoms with van der Waals surface area (Å²) in [6.45, 7) is 4.16. The van der Waals surface area contributed by atoms with Crippen LogP contribution < -0.4 is 0 Å². The first-order valence-electron chi connectivity index (χ1n) is 5.20. The van der Waals surface area contributed by atoms with Crippen LogP contribution >= 0.6 is 0 Å². The molecule has 0 aliphatic heterocycles. The van der Waals surface area contributed by atoms with Crippen LogP contribution in [-0.2, 0) is 7.05 Å². The summed E-state index contributed by atoms with van der Waals surface area (Å²) in [4.78, 5) is 11.0. The molecule has 4 heteroatoms. The van der Waals surface area contributed by atoms with Crippen molar-refractivity contribution in [3.63, 3.8) is 0 Å². The monoisotopic (exact) mass is 218 g/mol. The predicted molar refractivity (Wildman–Crippen MR) is 61.8 cm³/mol. The summed E-state index contributed by atoms with van der Waals surface area (Å²) >= 11 is 0. The van der Waals surface area contributed by atoms with E-state index in [-0.39, 0.29) is 5.69 Å². The first-order valence-corrected chi connectivity index (χ1v) is 5.20. The molecule has 0 saturated heterocycles. The lowest BCUT2D eigenvalue weighted by Crippen LogP contribution is -1.99. The predicted octanol–water partition coefficient (Wildman–Crippen LogP) is 2.39. The first kappa shape index (κ1) is 10.7. The maximum Gasteiger partial charge on any atom is 0.357 e. The zero-order chi connectivity index (χ0) is 11.9. The van der Waals surface area contributed by atoms with Gasteiger partial charge in [-0.25, -0.2) is 4.79 Å². The Morgan fingerprint density at radius 2 is 2.12 bits per heavy atom. The van der Waals surface area contributed by atoms with Gasteiger partial charge in [0.25, 0.3) is 0 Å². The molecule has 0 radical (unpaired) electrons. The average molecular weight is 218 g/mol. The summed E-state index contributed by atoms with van der Waals surface area (Å²) in [6.07, 6.45) is 0. The van der Waals surface area contributed by atoms with Crippen molar-refractivity contribution in [2.75, 3.05) is 0 Å². The smallest absolute Gasteiger partial charge is 0.357 e. The Bertz CT molecular complexity index is 555. The number of carboxylic acid groups (broad SMARTS) is 1. The third kappa shape index (κ3) is 1.56. The Labute approximate surface area is 93.5 Å². The van der Waals surface area contributed by atoms with E-state index in [0.29, 0.717) is 11.3 Å². The number of benzene rings is 1. The molecule has 2 rings (SSSR count).